The van der Waals surface area contributed by atoms with Crippen molar-refractivity contribution < 1.29 is 23.5 Å². The Morgan fingerprint density at radius 3 is 2.23 bits per heavy atom. The molecule has 8 nitrogen and oxygen atoms in total. The molecular weight excluding hydrogens is 587 g/mol. The van der Waals surface area contributed by atoms with Crippen LogP contribution in [-0.4, -0.2) is 29.5 Å². The van der Waals surface area contributed by atoms with Crippen molar-refractivity contribution in [2.75, 3.05) is 23.2 Å². The van der Waals surface area contributed by atoms with E-state index < -0.39 is 23.5 Å². The first-order chi connectivity index (χ1) is 16.7. The van der Waals surface area contributed by atoms with Crippen LogP contribution in [0.4, 0.5) is 15.8 Å². The highest BCUT2D eigenvalue weighted by atomic mass is 79.9. The minimum absolute atomic E-state index is 0.0740. The molecule has 0 spiro atoms. The molecule has 4 aromatic rings. The number of nitrogens with one attached hydrogen (secondary N) is 3. The first kappa shape index (κ1) is 24.4. The van der Waals surface area contributed by atoms with Gasteiger partial charge in [0.25, 0.3) is 5.91 Å². The minimum Gasteiger partial charge on any atom is -0.497 e. The van der Waals surface area contributed by atoms with Gasteiger partial charge in [0.2, 0.25) is 0 Å². The Morgan fingerprint density at radius 2 is 1.54 bits per heavy atom. The van der Waals surface area contributed by atoms with Crippen LogP contribution in [0.2, 0.25) is 0 Å². The zero-order valence-electron chi connectivity index (χ0n) is 18.1. The Bertz CT molecular complexity index is 1450. The minimum atomic E-state index is -1.10. The fraction of sp³-hybridized carbons (Fsp3) is 0.0417. The third-order valence-corrected chi connectivity index (χ3v) is 5.93. The number of methoxy groups -OCH3 is 1. The van der Waals surface area contributed by atoms with E-state index in [1.54, 1.807) is 48.5 Å². The van der Waals surface area contributed by atoms with Crippen LogP contribution in [0.1, 0.15) is 10.5 Å². The van der Waals surface area contributed by atoms with Crippen LogP contribution in [0.3, 0.4) is 0 Å². The Kier molecular flexibility index (Phi) is 7.17. The molecule has 11 heteroatoms. The van der Waals surface area contributed by atoms with Gasteiger partial charge >= 0.3 is 11.8 Å². The summed E-state index contributed by atoms with van der Waals surface area (Å²) in [6, 6.07) is 17.5. The molecule has 0 bridgehead atoms. The van der Waals surface area contributed by atoms with E-state index in [0.29, 0.717) is 26.8 Å². The summed E-state index contributed by atoms with van der Waals surface area (Å²) >= 11 is 6.51. The predicted molar refractivity (Wildman–Crippen MR) is 138 cm³/mol. The van der Waals surface area contributed by atoms with Crippen molar-refractivity contribution >= 4 is 71.9 Å². The molecular formula is C24H17Br2FN4O4. The van der Waals surface area contributed by atoms with Crippen molar-refractivity contribution in [1.82, 2.24) is 4.68 Å². The predicted octanol–water partition coefficient (Wildman–Crippen LogP) is 5.28. The van der Waals surface area contributed by atoms with Gasteiger partial charge in [-0.3, -0.25) is 19.8 Å². The van der Waals surface area contributed by atoms with Crippen LogP contribution in [0.5, 0.6) is 5.75 Å². The van der Waals surface area contributed by atoms with Gasteiger partial charge in [0.05, 0.1) is 18.3 Å². The van der Waals surface area contributed by atoms with Gasteiger partial charge in [0.1, 0.15) is 17.3 Å². The highest BCUT2D eigenvalue weighted by Crippen LogP contribution is 2.25. The maximum Gasteiger partial charge on any atom is 0.328 e. The van der Waals surface area contributed by atoms with Crippen molar-refractivity contribution in [3.8, 4) is 5.75 Å². The Morgan fingerprint density at radius 1 is 0.857 bits per heavy atom. The summed E-state index contributed by atoms with van der Waals surface area (Å²) in [5, 5.41) is 5.61. The highest BCUT2D eigenvalue weighted by molar-refractivity contribution is 9.10. The molecule has 0 aliphatic heterocycles. The second-order valence-corrected chi connectivity index (χ2v) is 9.10. The van der Waals surface area contributed by atoms with E-state index in [1.165, 1.54) is 23.9 Å². The molecule has 4 rings (SSSR count). The lowest BCUT2D eigenvalue weighted by Gasteiger charge is -2.13. The fourth-order valence-corrected chi connectivity index (χ4v) is 3.98. The van der Waals surface area contributed by atoms with E-state index >= 15 is 0 Å². The molecule has 3 N–H and O–H groups in total. The topological polar surface area (TPSA) is 101 Å². The number of anilines is 2. The Labute approximate surface area is 215 Å². The number of halogens is 3. The monoisotopic (exact) mass is 602 g/mol. The van der Waals surface area contributed by atoms with E-state index in [-0.39, 0.29) is 11.4 Å². The zero-order chi connectivity index (χ0) is 25.1. The summed E-state index contributed by atoms with van der Waals surface area (Å²) in [5.41, 5.74) is 3.32. The molecule has 0 fully saturated rings. The van der Waals surface area contributed by atoms with Crippen LogP contribution in [0.15, 0.2) is 75.7 Å². The van der Waals surface area contributed by atoms with Crippen LogP contribution in [0, 0.1) is 5.82 Å². The maximum absolute atomic E-state index is 14.1. The van der Waals surface area contributed by atoms with Crippen molar-refractivity contribution in [3.05, 3.63) is 87.2 Å². The number of hydrogen-bond acceptors (Lipinski definition) is 4. The van der Waals surface area contributed by atoms with E-state index in [1.807, 2.05) is 0 Å². The number of amides is 3. The zero-order valence-corrected chi connectivity index (χ0v) is 21.2. The summed E-state index contributed by atoms with van der Waals surface area (Å²) in [7, 11) is 1.54. The summed E-state index contributed by atoms with van der Waals surface area (Å²) in [4.78, 5) is 38.2. The molecule has 0 unspecified atom stereocenters. The number of nitrogens with zero attached hydrogens (tertiary/aromatic N) is 1. The van der Waals surface area contributed by atoms with E-state index in [4.69, 9.17) is 4.74 Å². The van der Waals surface area contributed by atoms with E-state index in [9.17, 15) is 18.8 Å². The molecule has 0 atom stereocenters. The van der Waals surface area contributed by atoms with E-state index in [0.717, 1.165) is 10.5 Å². The number of benzene rings is 3. The number of ether oxygens (including phenoxy) is 1. The molecule has 3 amide bonds. The first-order valence-corrected chi connectivity index (χ1v) is 11.7. The van der Waals surface area contributed by atoms with Crippen molar-refractivity contribution in [2.45, 2.75) is 0 Å². The van der Waals surface area contributed by atoms with Gasteiger partial charge in [-0.1, -0.05) is 31.9 Å². The van der Waals surface area contributed by atoms with Gasteiger partial charge < -0.3 is 15.4 Å². The van der Waals surface area contributed by atoms with Crippen LogP contribution in [-0.2, 0) is 9.59 Å². The first-order valence-electron chi connectivity index (χ1n) is 10.1. The number of carbonyl (C=O) groups is 3. The van der Waals surface area contributed by atoms with Gasteiger partial charge in [-0.05, 0) is 66.7 Å². The number of hydrogen-bond donors (Lipinski definition) is 3. The van der Waals surface area contributed by atoms with Gasteiger partial charge in [0, 0.05) is 20.0 Å². The number of fused-ring (bicyclic) bond motifs is 1. The standard InChI is InChI=1S/C24H17Br2FN4O4/c1-35-17-6-4-16(5-7-17)28-22(32)21-11-13-10-14(25)3-9-20(13)31(21)30-24(34)23(33)29-19-8-2-15(26)12-18(19)27/h2-12H,1H3,(H,28,32)(H,29,33)(H,30,34). The molecule has 0 aliphatic carbocycles. The molecule has 0 radical (unpaired) electrons. The summed E-state index contributed by atoms with van der Waals surface area (Å²) in [5.74, 6) is -2.81. The smallest absolute Gasteiger partial charge is 0.328 e. The molecule has 0 aliphatic rings. The van der Waals surface area contributed by atoms with Crippen LogP contribution in [0.25, 0.3) is 10.9 Å². The normalized spacial score (nSPS) is 10.6. The van der Waals surface area contributed by atoms with E-state index in [2.05, 4.69) is 47.9 Å². The van der Waals surface area contributed by atoms with Gasteiger partial charge in [-0.15, -0.1) is 0 Å². The van der Waals surface area contributed by atoms with Gasteiger partial charge in [0.15, 0.2) is 0 Å². The van der Waals surface area contributed by atoms with Crippen LogP contribution >= 0.6 is 31.9 Å². The fourth-order valence-electron chi connectivity index (χ4n) is 3.27. The summed E-state index contributed by atoms with van der Waals surface area (Å²) in [6.45, 7) is 0. The lowest BCUT2D eigenvalue weighted by molar-refractivity contribution is -0.133. The second-order valence-electron chi connectivity index (χ2n) is 7.27. The van der Waals surface area contributed by atoms with Crippen LogP contribution < -0.4 is 20.8 Å². The van der Waals surface area contributed by atoms with Crippen molar-refractivity contribution in [3.63, 3.8) is 0 Å². The number of aromatic nitrogens is 1. The molecule has 1 heterocycles. The Hall–Kier alpha value is -3.70. The summed E-state index contributed by atoms with van der Waals surface area (Å²) < 4.78 is 21.6. The summed E-state index contributed by atoms with van der Waals surface area (Å²) in [6.07, 6.45) is 0. The largest absolute Gasteiger partial charge is 0.497 e. The molecule has 0 saturated carbocycles. The maximum atomic E-state index is 14.1. The third kappa shape index (κ3) is 5.52. The van der Waals surface area contributed by atoms with Crippen molar-refractivity contribution in [1.29, 1.82) is 0 Å². The van der Waals surface area contributed by atoms with Gasteiger partial charge in [-0.2, -0.15) is 0 Å². The third-order valence-electron chi connectivity index (χ3n) is 4.94. The lowest BCUT2D eigenvalue weighted by Crippen LogP contribution is -2.36. The second kappa shape index (κ2) is 10.3. The molecule has 1 aromatic heterocycles. The molecule has 3 aromatic carbocycles. The average molecular weight is 604 g/mol. The van der Waals surface area contributed by atoms with Crippen molar-refractivity contribution in [2.24, 2.45) is 0 Å². The molecule has 0 saturated heterocycles. The lowest BCUT2D eigenvalue weighted by atomic mass is 10.2. The number of carbonyl (C=O) groups excluding carboxylic acids is 3. The quantitative estimate of drug-likeness (QED) is 0.270. The Balaban J connectivity index is 1.61. The SMILES string of the molecule is COc1ccc(NC(=O)c2cc3cc(Br)ccc3n2NC(=O)C(=O)Nc2ccc(Br)cc2F)cc1. The molecule has 178 valence electrons. The van der Waals surface area contributed by atoms with Gasteiger partial charge in [-0.25, -0.2) is 9.07 Å². The number of rotatable bonds is 5. The molecule has 35 heavy (non-hydrogen) atoms. The average Bonchev–Trinajstić information content (AvgIpc) is 3.18. The highest BCUT2D eigenvalue weighted by Gasteiger charge is 2.22.